The molecule has 1 aromatic carbocycles. The Morgan fingerprint density at radius 1 is 1.12 bits per heavy atom. The fourth-order valence-electron chi connectivity index (χ4n) is 2.22. The first-order valence-corrected chi connectivity index (χ1v) is 7.86. The molecular weight excluding hydrogens is 341 g/mol. The molecule has 0 bridgehead atoms. The van der Waals surface area contributed by atoms with Gasteiger partial charge in [-0.05, 0) is 37.3 Å². The molecule has 0 amide bonds. The summed E-state index contributed by atoms with van der Waals surface area (Å²) in [7, 11) is 1.73. The third-order valence-electron chi connectivity index (χ3n) is 3.54. The Balaban J connectivity index is 1.73. The molecular formula is C17H16FN5O3. The second kappa shape index (κ2) is 7.68. The van der Waals surface area contributed by atoms with Gasteiger partial charge in [0.25, 0.3) is 0 Å². The van der Waals surface area contributed by atoms with E-state index >= 15 is 0 Å². The van der Waals surface area contributed by atoms with E-state index in [1.54, 1.807) is 30.8 Å². The number of halogens is 1. The molecule has 9 heteroatoms. The first-order chi connectivity index (χ1) is 12.6. The van der Waals surface area contributed by atoms with Gasteiger partial charge in [0.1, 0.15) is 23.8 Å². The Labute approximate surface area is 148 Å². The van der Waals surface area contributed by atoms with Crippen molar-refractivity contribution < 1.29 is 18.7 Å². The Morgan fingerprint density at radius 2 is 1.88 bits per heavy atom. The monoisotopic (exact) mass is 357 g/mol. The lowest BCUT2D eigenvalue weighted by Crippen LogP contribution is -2.09. The smallest absolute Gasteiger partial charge is 0.358 e. The van der Waals surface area contributed by atoms with E-state index in [4.69, 9.17) is 9.47 Å². The fraction of sp³-hybridized carbons (Fsp3) is 0.235. The van der Waals surface area contributed by atoms with Gasteiger partial charge in [-0.3, -0.25) is 0 Å². The molecule has 3 aromatic rings. The molecule has 0 saturated carbocycles. The number of nitrogens with zero attached hydrogens (tertiary/aromatic N) is 5. The average Bonchev–Trinajstić information content (AvgIpc) is 3.02. The van der Waals surface area contributed by atoms with E-state index < -0.39 is 5.97 Å². The van der Waals surface area contributed by atoms with E-state index in [9.17, 15) is 9.18 Å². The summed E-state index contributed by atoms with van der Waals surface area (Å²) in [6, 6.07) is 8.96. The van der Waals surface area contributed by atoms with Crippen molar-refractivity contribution in [3.63, 3.8) is 0 Å². The highest BCUT2D eigenvalue weighted by molar-refractivity contribution is 5.86. The van der Waals surface area contributed by atoms with Crippen molar-refractivity contribution in [1.29, 1.82) is 0 Å². The summed E-state index contributed by atoms with van der Waals surface area (Å²) in [5.74, 6) is -0.627. The topological polar surface area (TPSA) is 92.0 Å². The molecule has 0 fully saturated rings. The van der Waals surface area contributed by atoms with Crippen molar-refractivity contribution in [3.05, 3.63) is 53.6 Å². The zero-order valence-electron chi connectivity index (χ0n) is 14.2. The van der Waals surface area contributed by atoms with E-state index in [1.165, 1.54) is 24.3 Å². The Bertz CT molecular complexity index is 894. The van der Waals surface area contributed by atoms with Crippen LogP contribution in [-0.4, -0.2) is 37.8 Å². The van der Waals surface area contributed by atoms with Crippen LogP contribution in [0, 0.1) is 5.82 Å². The number of rotatable bonds is 6. The molecule has 134 valence electrons. The minimum Gasteiger partial charge on any atom is -0.470 e. The van der Waals surface area contributed by atoms with Crippen LogP contribution in [0.4, 0.5) is 4.39 Å². The molecule has 8 nitrogen and oxygen atoms in total. The SMILES string of the molecule is CCOC(=O)c1ccc(OCc2c(-c3ccc(F)cc3)nnn2C)nn1. The maximum atomic E-state index is 13.1. The van der Waals surface area contributed by atoms with Crippen LogP contribution < -0.4 is 4.74 Å². The second-order valence-corrected chi connectivity index (χ2v) is 5.28. The Kier molecular flexibility index (Phi) is 5.16. The number of carbonyl (C=O) groups excluding carboxylic acids is 1. The molecule has 0 saturated heterocycles. The van der Waals surface area contributed by atoms with Crippen molar-refractivity contribution in [2.45, 2.75) is 13.5 Å². The molecule has 0 spiro atoms. The number of aryl methyl sites for hydroxylation is 1. The molecule has 0 aliphatic heterocycles. The fourth-order valence-corrected chi connectivity index (χ4v) is 2.22. The third-order valence-corrected chi connectivity index (χ3v) is 3.54. The van der Waals surface area contributed by atoms with Crippen LogP contribution in [0.25, 0.3) is 11.3 Å². The molecule has 3 rings (SSSR count). The predicted molar refractivity (Wildman–Crippen MR) is 88.7 cm³/mol. The summed E-state index contributed by atoms with van der Waals surface area (Å²) in [5, 5.41) is 15.7. The number of carbonyl (C=O) groups is 1. The number of hydrogen-bond acceptors (Lipinski definition) is 7. The van der Waals surface area contributed by atoms with Crippen molar-refractivity contribution in [3.8, 4) is 17.1 Å². The van der Waals surface area contributed by atoms with Crippen LogP contribution >= 0.6 is 0 Å². The summed E-state index contributed by atoms with van der Waals surface area (Å²) in [6.07, 6.45) is 0. The van der Waals surface area contributed by atoms with Gasteiger partial charge in [0.2, 0.25) is 5.88 Å². The van der Waals surface area contributed by atoms with Gasteiger partial charge in [0.05, 0.1) is 6.61 Å². The molecule has 0 radical (unpaired) electrons. The zero-order chi connectivity index (χ0) is 18.5. The van der Waals surface area contributed by atoms with Crippen LogP contribution in [0.2, 0.25) is 0 Å². The highest BCUT2D eigenvalue weighted by Crippen LogP contribution is 2.22. The summed E-state index contributed by atoms with van der Waals surface area (Å²) in [4.78, 5) is 11.6. The van der Waals surface area contributed by atoms with Crippen LogP contribution in [0.15, 0.2) is 36.4 Å². The van der Waals surface area contributed by atoms with Gasteiger partial charge in [0.15, 0.2) is 5.69 Å². The largest absolute Gasteiger partial charge is 0.470 e. The maximum absolute atomic E-state index is 13.1. The van der Waals surface area contributed by atoms with Gasteiger partial charge < -0.3 is 9.47 Å². The lowest BCUT2D eigenvalue weighted by atomic mass is 10.1. The van der Waals surface area contributed by atoms with Crippen LogP contribution in [0.5, 0.6) is 5.88 Å². The zero-order valence-corrected chi connectivity index (χ0v) is 14.2. The first-order valence-electron chi connectivity index (χ1n) is 7.86. The number of ether oxygens (including phenoxy) is 2. The summed E-state index contributed by atoms with van der Waals surface area (Å²) in [6.45, 7) is 2.10. The van der Waals surface area contributed by atoms with Gasteiger partial charge in [-0.15, -0.1) is 15.3 Å². The Hall–Kier alpha value is -3.36. The average molecular weight is 357 g/mol. The van der Waals surface area contributed by atoms with Crippen molar-refractivity contribution in [2.24, 2.45) is 7.05 Å². The van der Waals surface area contributed by atoms with Gasteiger partial charge in [-0.1, -0.05) is 5.21 Å². The van der Waals surface area contributed by atoms with Crippen LogP contribution in [0.1, 0.15) is 23.1 Å². The van der Waals surface area contributed by atoms with Gasteiger partial charge in [-0.2, -0.15) is 0 Å². The summed E-state index contributed by atoms with van der Waals surface area (Å²) in [5.41, 5.74) is 2.10. The standard InChI is InChI=1S/C17H16FN5O3/c1-3-25-17(24)13-8-9-15(20-19-13)26-10-14-16(21-22-23(14)2)11-4-6-12(18)7-5-11/h4-9H,3,10H2,1-2H3. The lowest BCUT2D eigenvalue weighted by Gasteiger charge is -2.07. The van der Waals surface area contributed by atoms with Crippen LogP contribution in [0.3, 0.4) is 0 Å². The molecule has 2 aromatic heterocycles. The van der Waals surface area contributed by atoms with E-state index in [1.807, 2.05) is 0 Å². The summed E-state index contributed by atoms with van der Waals surface area (Å²) >= 11 is 0. The molecule has 0 aliphatic carbocycles. The molecule has 0 N–H and O–H groups in total. The molecule has 0 aliphatic rings. The van der Waals surface area contributed by atoms with Gasteiger partial charge in [0, 0.05) is 18.7 Å². The van der Waals surface area contributed by atoms with E-state index in [-0.39, 0.29) is 30.6 Å². The van der Waals surface area contributed by atoms with Crippen molar-refractivity contribution >= 4 is 5.97 Å². The predicted octanol–water partition coefficient (Wildman–Crippen LogP) is 2.17. The molecule has 2 heterocycles. The van der Waals surface area contributed by atoms with E-state index in [2.05, 4.69) is 20.5 Å². The Morgan fingerprint density at radius 3 is 2.54 bits per heavy atom. The molecule has 0 atom stereocenters. The second-order valence-electron chi connectivity index (χ2n) is 5.28. The highest BCUT2D eigenvalue weighted by atomic mass is 19.1. The normalized spacial score (nSPS) is 10.6. The van der Waals surface area contributed by atoms with Gasteiger partial charge >= 0.3 is 5.97 Å². The maximum Gasteiger partial charge on any atom is 0.358 e. The number of esters is 1. The lowest BCUT2D eigenvalue weighted by molar-refractivity contribution is 0.0517. The van der Waals surface area contributed by atoms with E-state index in [0.29, 0.717) is 11.4 Å². The first kappa shape index (κ1) is 17.5. The van der Waals surface area contributed by atoms with Gasteiger partial charge in [-0.25, -0.2) is 13.9 Å². The van der Waals surface area contributed by atoms with Crippen LogP contribution in [-0.2, 0) is 18.4 Å². The van der Waals surface area contributed by atoms with Crippen molar-refractivity contribution in [1.82, 2.24) is 25.2 Å². The quantitative estimate of drug-likeness (QED) is 0.624. The molecule has 26 heavy (non-hydrogen) atoms. The summed E-state index contributed by atoms with van der Waals surface area (Å²) < 4.78 is 25.1. The number of hydrogen-bond donors (Lipinski definition) is 0. The van der Waals surface area contributed by atoms with E-state index in [0.717, 1.165) is 5.56 Å². The number of benzene rings is 1. The minimum atomic E-state index is -0.541. The minimum absolute atomic E-state index is 0.105. The van der Waals surface area contributed by atoms with Crippen molar-refractivity contribution in [2.75, 3.05) is 6.61 Å². The third kappa shape index (κ3) is 3.82. The highest BCUT2D eigenvalue weighted by Gasteiger charge is 2.15. The molecule has 0 unspecified atom stereocenters. The number of aromatic nitrogens is 5.